The third-order valence-electron chi connectivity index (χ3n) is 4.69. The number of carbonyl (C=O) groups excluding carboxylic acids is 1. The number of carbonyl (C=O) groups is 1. The van der Waals surface area contributed by atoms with Gasteiger partial charge in [-0.15, -0.1) is 0 Å². The van der Waals surface area contributed by atoms with Gasteiger partial charge in [0.15, 0.2) is 0 Å². The summed E-state index contributed by atoms with van der Waals surface area (Å²) in [6.45, 7) is 4.84. The summed E-state index contributed by atoms with van der Waals surface area (Å²) in [5.41, 5.74) is 1.03. The molecule has 0 saturated carbocycles. The minimum atomic E-state index is 0.0152. The lowest BCUT2D eigenvalue weighted by Crippen LogP contribution is -2.42. The number of fused-ring (bicyclic) bond motifs is 1. The van der Waals surface area contributed by atoms with E-state index in [1.807, 2.05) is 24.3 Å². The highest BCUT2D eigenvalue weighted by atomic mass is 32.2. The maximum Gasteiger partial charge on any atom is 0.266 e. The molecule has 0 radical (unpaired) electrons. The summed E-state index contributed by atoms with van der Waals surface area (Å²) >= 11 is 6.83. The Morgan fingerprint density at radius 3 is 2.65 bits per heavy atom. The summed E-state index contributed by atoms with van der Waals surface area (Å²) in [5.74, 6) is 0.0152. The predicted molar refractivity (Wildman–Crippen MR) is 111 cm³/mol. The van der Waals surface area contributed by atoms with Crippen molar-refractivity contribution >= 4 is 51.1 Å². The van der Waals surface area contributed by atoms with E-state index in [1.54, 1.807) is 4.90 Å². The van der Waals surface area contributed by atoms with Crippen molar-refractivity contribution in [1.82, 2.24) is 9.80 Å². The fraction of sp³-hybridized carbons (Fsp3) is 0.300. The van der Waals surface area contributed by atoms with Gasteiger partial charge in [-0.1, -0.05) is 60.4 Å². The zero-order valence-electron chi connectivity index (χ0n) is 14.4. The van der Waals surface area contributed by atoms with Crippen LogP contribution in [0.1, 0.15) is 5.56 Å². The zero-order valence-corrected chi connectivity index (χ0v) is 16.0. The van der Waals surface area contributed by atoms with Gasteiger partial charge < -0.3 is 4.74 Å². The minimum Gasteiger partial charge on any atom is -0.379 e. The first-order valence-electron chi connectivity index (χ1n) is 8.75. The van der Waals surface area contributed by atoms with Crippen LogP contribution in [0.4, 0.5) is 0 Å². The van der Waals surface area contributed by atoms with Crippen molar-refractivity contribution in [2.24, 2.45) is 0 Å². The van der Waals surface area contributed by atoms with Crippen LogP contribution in [0.25, 0.3) is 16.8 Å². The smallest absolute Gasteiger partial charge is 0.266 e. The third kappa shape index (κ3) is 3.83. The van der Waals surface area contributed by atoms with Crippen LogP contribution in [0.5, 0.6) is 0 Å². The molecule has 134 valence electrons. The quantitative estimate of drug-likeness (QED) is 0.596. The molecule has 1 amide bonds. The number of ether oxygens (including phenoxy) is 1. The molecule has 2 fully saturated rings. The molecule has 0 N–H and O–H groups in total. The summed E-state index contributed by atoms with van der Waals surface area (Å²) < 4.78 is 6.01. The minimum absolute atomic E-state index is 0.0152. The highest BCUT2D eigenvalue weighted by Gasteiger charge is 2.32. The lowest BCUT2D eigenvalue weighted by Gasteiger charge is -2.28. The predicted octanol–water partition coefficient (Wildman–Crippen LogP) is 3.37. The molecule has 0 atom stereocenters. The Hall–Kier alpha value is -1.73. The van der Waals surface area contributed by atoms with Gasteiger partial charge >= 0.3 is 0 Å². The van der Waals surface area contributed by atoms with Crippen LogP contribution in [-0.2, 0) is 9.53 Å². The van der Waals surface area contributed by atoms with E-state index in [1.165, 1.54) is 22.5 Å². The summed E-state index contributed by atoms with van der Waals surface area (Å²) in [4.78, 5) is 17.5. The van der Waals surface area contributed by atoms with Crippen molar-refractivity contribution in [1.29, 1.82) is 0 Å². The number of thioether (sulfide) groups is 1. The molecule has 0 aliphatic carbocycles. The maximum atomic E-state index is 12.8. The highest BCUT2D eigenvalue weighted by Crippen LogP contribution is 2.32. The molecule has 2 aliphatic rings. The van der Waals surface area contributed by atoms with Crippen LogP contribution in [0.15, 0.2) is 47.4 Å². The number of thiocarbonyl (C=S) groups is 1. The van der Waals surface area contributed by atoms with E-state index in [0.29, 0.717) is 15.8 Å². The Morgan fingerprint density at radius 2 is 1.85 bits per heavy atom. The molecule has 2 aliphatic heterocycles. The van der Waals surface area contributed by atoms with Gasteiger partial charge in [0.1, 0.15) is 4.32 Å². The highest BCUT2D eigenvalue weighted by molar-refractivity contribution is 8.26. The van der Waals surface area contributed by atoms with Gasteiger partial charge in [-0.2, -0.15) is 0 Å². The Kier molecular flexibility index (Phi) is 5.36. The molecule has 2 saturated heterocycles. The van der Waals surface area contributed by atoms with Gasteiger partial charge in [-0.05, 0) is 28.5 Å². The molecule has 2 aromatic rings. The monoisotopic (exact) mass is 384 g/mol. The van der Waals surface area contributed by atoms with Gasteiger partial charge in [0.25, 0.3) is 5.91 Å². The van der Waals surface area contributed by atoms with E-state index in [2.05, 4.69) is 29.2 Å². The van der Waals surface area contributed by atoms with E-state index < -0.39 is 0 Å². The van der Waals surface area contributed by atoms with Crippen molar-refractivity contribution < 1.29 is 9.53 Å². The fourth-order valence-electron chi connectivity index (χ4n) is 3.21. The lowest BCUT2D eigenvalue weighted by atomic mass is 10.1. The van der Waals surface area contributed by atoms with E-state index in [9.17, 15) is 4.79 Å². The summed E-state index contributed by atoms with van der Waals surface area (Å²) in [5, 5.41) is 2.37. The topological polar surface area (TPSA) is 32.8 Å². The van der Waals surface area contributed by atoms with Gasteiger partial charge in [-0.25, -0.2) is 0 Å². The Labute approximate surface area is 162 Å². The van der Waals surface area contributed by atoms with Crippen molar-refractivity contribution in [2.75, 3.05) is 39.4 Å². The first kappa shape index (κ1) is 17.7. The van der Waals surface area contributed by atoms with Crippen LogP contribution >= 0.6 is 24.0 Å². The van der Waals surface area contributed by atoms with Crippen molar-refractivity contribution in [3.05, 3.63) is 52.9 Å². The zero-order chi connectivity index (χ0) is 17.9. The molecular formula is C20H20N2O2S2. The van der Waals surface area contributed by atoms with Crippen LogP contribution in [0, 0.1) is 0 Å². The summed E-state index contributed by atoms with van der Waals surface area (Å²) in [6, 6.07) is 14.5. The van der Waals surface area contributed by atoms with Crippen molar-refractivity contribution in [3.63, 3.8) is 0 Å². The van der Waals surface area contributed by atoms with Crippen molar-refractivity contribution in [2.45, 2.75) is 0 Å². The van der Waals surface area contributed by atoms with Gasteiger partial charge in [-0.3, -0.25) is 14.6 Å². The lowest BCUT2D eigenvalue weighted by molar-refractivity contribution is -0.122. The maximum absolute atomic E-state index is 12.8. The molecule has 0 unspecified atom stereocenters. The molecule has 4 nitrogen and oxygen atoms in total. The number of nitrogens with zero attached hydrogens (tertiary/aromatic N) is 2. The van der Waals surface area contributed by atoms with Gasteiger partial charge in [0.2, 0.25) is 0 Å². The molecule has 0 spiro atoms. The van der Waals surface area contributed by atoms with Crippen molar-refractivity contribution in [3.8, 4) is 0 Å². The second-order valence-corrected chi connectivity index (χ2v) is 8.07. The van der Waals surface area contributed by atoms with E-state index >= 15 is 0 Å². The van der Waals surface area contributed by atoms with Crippen LogP contribution < -0.4 is 0 Å². The average molecular weight is 385 g/mol. The first-order valence-corrected chi connectivity index (χ1v) is 9.97. The molecule has 0 bridgehead atoms. The number of morpholine rings is 1. The number of hydrogen-bond acceptors (Lipinski definition) is 5. The molecule has 2 heterocycles. The van der Waals surface area contributed by atoms with Gasteiger partial charge in [0, 0.05) is 26.2 Å². The second-order valence-electron chi connectivity index (χ2n) is 6.39. The SMILES string of the molecule is O=C1/C(=C\c2ccc3ccccc3c2)SC(=S)N1CCN1CCOCC1. The number of rotatable bonds is 4. The molecule has 26 heavy (non-hydrogen) atoms. The Morgan fingerprint density at radius 1 is 1.08 bits per heavy atom. The normalized spacial score (nSPS) is 20.5. The molecule has 0 aromatic heterocycles. The largest absolute Gasteiger partial charge is 0.379 e. The number of amides is 1. The van der Waals surface area contributed by atoms with Crippen LogP contribution in [0.3, 0.4) is 0 Å². The molecule has 4 rings (SSSR count). The molecule has 6 heteroatoms. The Bertz CT molecular complexity index is 875. The summed E-state index contributed by atoms with van der Waals surface area (Å²) in [7, 11) is 0. The van der Waals surface area contributed by atoms with E-state index in [4.69, 9.17) is 17.0 Å². The Balaban J connectivity index is 1.47. The van der Waals surface area contributed by atoms with E-state index in [0.717, 1.165) is 38.4 Å². The number of benzene rings is 2. The average Bonchev–Trinajstić information content (AvgIpc) is 2.94. The van der Waals surface area contributed by atoms with Crippen LogP contribution in [-0.4, -0.2) is 59.4 Å². The van der Waals surface area contributed by atoms with Crippen LogP contribution in [0.2, 0.25) is 0 Å². The third-order valence-corrected chi connectivity index (χ3v) is 6.07. The summed E-state index contributed by atoms with van der Waals surface area (Å²) in [6.07, 6.45) is 1.94. The van der Waals surface area contributed by atoms with Gasteiger partial charge in [0.05, 0.1) is 18.1 Å². The first-order chi connectivity index (χ1) is 12.7. The second kappa shape index (κ2) is 7.88. The molecular weight excluding hydrogens is 364 g/mol. The standard InChI is InChI=1S/C20H20N2O2S2/c23-19-18(14-15-5-6-16-3-1-2-4-17(16)13-15)26-20(25)22(19)8-7-21-9-11-24-12-10-21/h1-6,13-14H,7-12H2/b18-14+. The molecule has 2 aromatic carbocycles. The van der Waals surface area contributed by atoms with E-state index in [-0.39, 0.29) is 5.91 Å². The number of hydrogen-bond donors (Lipinski definition) is 0. The fourth-order valence-corrected chi connectivity index (χ4v) is 4.52.